The monoisotopic (exact) mass is 289 g/mol. The normalized spacial score (nSPS) is 10.3. The van der Waals surface area contributed by atoms with Gasteiger partial charge in [-0.05, 0) is 48.6 Å². The van der Waals surface area contributed by atoms with Crippen molar-refractivity contribution in [3.05, 3.63) is 51.2 Å². The van der Waals surface area contributed by atoms with E-state index >= 15 is 0 Å². The number of nitrogens with one attached hydrogen (secondary N) is 1. The van der Waals surface area contributed by atoms with Gasteiger partial charge in [0.15, 0.2) is 0 Å². The largest absolute Gasteiger partial charge is 0.478 e. The van der Waals surface area contributed by atoms with Crippen LogP contribution in [0.3, 0.4) is 0 Å². The number of benzene rings is 1. The molecule has 0 spiro atoms. The number of rotatable bonds is 4. The van der Waals surface area contributed by atoms with Crippen molar-refractivity contribution in [1.29, 1.82) is 0 Å². The van der Waals surface area contributed by atoms with Crippen molar-refractivity contribution in [2.45, 2.75) is 20.3 Å². The lowest BCUT2D eigenvalue weighted by molar-refractivity contribution is -0.115. The third-order valence-corrected chi connectivity index (χ3v) is 3.97. The van der Waals surface area contributed by atoms with Crippen LogP contribution in [0, 0.1) is 13.8 Å². The van der Waals surface area contributed by atoms with Gasteiger partial charge >= 0.3 is 5.97 Å². The number of carbonyl (C=O) groups is 2. The maximum Gasteiger partial charge on any atom is 0.336 e. The molecule has 0 bridgehead atoms. The summed E-state index contributed by atoms with van der Waals surface area (Å²) in [6.07, 6.45) is 0.299. The van der Waals surface area contributed by atoms with Crippen molar-refractivity contribution in [1.82, 2.24) is 0 Å². The van der Waals surface area contributed by atoms with E-state index in [1.807, 2.05) is 24.4 Å². The van der Waals surface area contributed by atoms with Crippen molar-refractivity contribution in [3.63, 3.8) is 0 Å². The van der Waals surface area contributed by atoms with Gasteiger partial charge < -0.3 is 10.4 Å². The van der Waals surface area contributed by atoms with E-state index in [4.69, 9.17) is 5.11 Å². The van der Waals surface area contributed by atoms with E-state index < -0.39 is 5.97 Å². The maximum atomic E-state index is 11.9. The van der Waals surface area contributed by atoms with Gasteiger partial charge in [0.1, 0.15) is 0 Å². The summed E-state index contributed by atoms with van der Waals surface area (Å²) in [5, 5.41) is 13.8. The molecule has 20 heavy (non-hydrogen) atoms. The van der Waals surface area contributed by atoms with Crippen LogP contribution in [0.5, 0.6) is 0 Å². The van der Waals surface area contributed by atoms with Crippen LogP contribution in [0.4, 0.5) is 5.69 Å². The van der Waals surface area contributed by atoms with Gasteiger partial charge in [0, 0.05) is 10.6 Å². The Morgan fingerprint density at radius 1 is 1.30 bits per heavy atom. The Kier molecular flexibility index (Phi) is 4.20. The third kappa shape index (κ3) is 3.24. The molecule has 1 aromatic carbocycles. The summed E-state index contributed by atoms with van der Waals surface area (Å²) in [5.74, 6) is -1.13. The van der Waals surface area contributed by atoms with Crippen LogP contribution in [0.15, 0.2) is 29.6 Å². The number of carbonyl (C=O) groups excluding carboxylic acids is 1. The van der Waals surface area contributed by atoms with E-state index in [0.717, 1.165) is 10.4 Å². The van der Waals surface area contributed by atoms with Gasteiger partial charge in [0.25, 0.3) is 0 Å². The first-order valence-corrected chi connectivity index (χ1v) is 7.02. The Balaban J connectivity index is 2.17. The lowest BCUT2D eigenvalue weighted by atomic mass is 10.0. The summed E-state index contributed by atoms with van der Waals surface area (Å²) in [4.78, 5) is 24.0. The summed E-state index contributed by atoms with van der Waals surface area (Å²) in [6, 6.07) is 7.07. The topological polar surface area (TPSA) is 66.4 Å². The second kappa shape index (κ2) is 5.88. The summed E-state index contributed by atoms with van der Waals surface area (Å²) in [5.41, 5.74) is 2.30. The van der Waals surface area contributed by atoms with Gasteiger partial charge in [-0.2, -0.15) is 0 Å². The Labute approximate surface area is 121 Å². The molecule has 104 valence electrons. The fourth-order valence-electron chi connectivity index (χ4n) is 1.93. The van der Waals surface area contributed by atoms with Crippen molar-refractivity contribution >= 4 is 28.9 Å². The first-order chi connectivity index (χ1) is 9.47. The van der Waals surface area contributed by atoms with E-state index in [0.29, 0.717) is 17.7 Å². The van der Waals surface area contributed by atoms with Crippen LogP contribution in [-0.2, 0) is 11.2 Å². The zero-order valence-electron chi connectivity index (χ0n) is 11.3. The number of aromatic carboxylic acids is 1. The maximum absolute atomic E-state index is 11.9. The van der Waals surface area contributed by atoms with Crippen molar-refractivity contribution in [2.75, 3.05) is 5.32 Å². The molecule has 5 heteroatoms. The smallest absolute Gasteiger partial charge is 0.336 e. The first kappa shape index (κ1) is 14.3. The second-order valence-corrected chi connectivity index (χ2v) is 5.61. The van der Waals surface area contributed by atoms with Crippen LogP contribution < -0.4 is 5.32 Å². The van der Waals surface area contributed by atoms with E-state index in [-0.39, 0.29) is 11.5 Å². The molecular formula is C15H15NO3S. The highest BCUT2D eigenvalue weighted by Crippen LogP contribution is 2.20. The highest BCUT2D eigenvalue weighted by molar-refractivity contribution is 7.10. The van der Waals surface area contributed by atoms with Crippen LogP contribution in [-0.4, -0.2) is 17.0 Å². The minimum Gasteiger partial charge on any atom is -0.478 e. The molecule has 0 saturated heterocycles. The molecule has 1 aromatic heterocycles. The van der Waals surface area contributed by atoms with Crippen molar-refractivity contribution in [3.8, 4) is 0 Å². The molecule has 2 aromatic rings. The highest BCUT2D eigenvalue weighted by atomic mass is 32.1. The van der Waals surface area contributed by atoms with Gasteiger partial charge in [-0.1, -0.05) is 6.07 Å². The van der Waals surface area contributed by atoms with E-state index in [1.165, 1.54) is 17.4 Å². The minimum absolute atomic E-state index is 0.146. The zero-order valence-corrected chi connectivity index (χ0v) is 12.1. The lowest BCUT2D eigenvalue weighted by Crippen LogP contribution is -2.15. The van der Waals surface area contributed by atoms with Gasteiger partial charge in [0.2, 0.25) is 5.91 Å². The molecule has 0 aliphatic rings. The second-order valence-electron chi connectivity index (χ2n) is 4.58. The van der Waals surface area contributed by atoms with Gasteiger partial charge in [-0.25, -0.2) is 4.79 Å². The van der Waals surface area contributed by atoms with Gasteiger partial charge in [0.05, 0.1) is 12.0 Å². The highest BCUT2D eigenvalue weighted by Gasteiger charge is 2.12. The first-order valence-electron chi connectivity index (χ1n) is 6.14. The fourth-order valence-corrected chi connectivity index (χ4v) is 2.63. The molecule has 0 aliphatic heterocycles. The predicted molar refractivity (Wildman–Crippen MR) is 79.5 cm³/mol. The molecular weight excluding hydrogens is 274 g/mol. The Hall–Kier alpha value is -2.14. The molecule has 0 radical (unpaired) electrons. The average molecular weight is 289 g/mol. The number of carboxylic acid groups (broad SMARTS) is 1. The number of thiophene rings is 1. The molecule has 0 atom stereocenters. The number of aryl methyl sites for hydroxylation is 1. The molecule has 2 rings (SSSR count). The lowest BCUT2D eigenvalue weighted by Gasteiger charge is -2.10. The van der Waals surface area contributed by atoms with E-state index in [9.17, 15) is 9.59 Å². The Bertz CT molecular complexity index is 647. The zero-order chi connectivity index (χ0) is 14.7. The number of carboxylic acids is 1. The van der Waals surface area contributed by atoms with Crippen LogP contribution in [0.25, 0.3) is 0 Å². The average Bonchev–Trinajstić information content (AvgIpc) is 2.85. The van der Waals surface area contributed by atoms with Crippen molar-refractivity contribution in [2.24, 2.45) is 0 Å². The number of hydrogen-bond donors (Lipinski definition) is 2. The summed E-state index contributed by atoms with van der Waals surface area (Å²) in [6.45, 7) is 3.59. The Morgan fingerprint density at radius 3 is 2.65 bits per heavy atom. The molecule has 0 saturated carbocycles. The summed E-state index contributed by atoms with van der Waals surface area (Å²) < 4.78 is 0. The number of anilines is 1. The molecule has 2 N–H and O–H groups in total. The standard InChI is InChI=1S/C15H15NO3S/c1-9-6-11(7-13(10(9)2)15(18)19)16-14(17)8-12-4-3-5-20-12/h3-7H,8H2,1-2H3,(H,16,17)(H,18,19). The summed E-state index contributed by atoms with van der Waals surface area (Å²) in [7, 11) is 0. The fraction of sp³-hybridized carbons (Fsp3) is 0.200. The quantitative estimate of drug-likeness (QED) is 0.908. The summed E-state index contributed by atoms with van der Waals surface area (Å²) >= 11 is 1.52. The SMILES string of the molecule is Cc1cc(NC(=O)Cc2cccs2)cc(C(=O)O)c1C. The minimum atomic E-state index is -0.986. The van der Waals surface area contributed by atoms with E-state index in [2.05, 4.69) is 5.32 Å². The molecule has 1 heterocycles. The van der Waals surface area contributed by atoms with Crippen LogP contribution >= 0.6 is 11.3 Å². The predicted octanol–water partition coefficient (Wildman–Crippen LogP) is 3.24. The molecule has 4 nitrogen and oxygen atoms in total. The third-order valence-electron chi connectivity index (χ3n) is 3.10. The molecule has 0 aliphatic carbocycles. The molecule has 0 unspecified atom stereocenters. The number of hydrogen-bond acceptors (Lipinski definition) is 3. The van der Waals surface area contributed by atoms with Crippen LogP contribution in [0.1, 0.15) is 26.4 Å². The van der Waals surface area contributed by atoms with Crippen molar-refractivity contribution < 1.29 is 14.7 Å². The Morgan fingerprint density at radius 2 is 2.05 bits per heavy atom. The number of amides is 1. The van der Waals surface area contributed by atoms with Crippen LogP contribution in [0.2, 0.25) is 0 Å². The van der Waals surface area contributed by atoms with Gasteiger partial charge in [-0.15, -0.1) is 11.3 Å². The molecule has 0 fully saturated rings. The van der Waals surface area contributed by atoms with E-state index in [1.54, 1.807) is 13.0 Å². The molecule has 1 amide bonds. The van der Waals surface area contributed by atoms with Gasteiger partial charge in [-0.3, -0.25) is 4.79 Å².